The fourth-order valence-corrected chi connectivity index (χ4v) is 3.73. The van der Waals surface area contributed by atoms with Gasteiger partial charge in [-0.25, -0.2) is 4.39 Å². The second-order valence-electron chi connectivity index (χ2n) is 9.24. The van der Waals surface area contributed by atoms with Gasteiger partial charge in [-0.1, -0.05) is 12.1 Å². The number of rotatable bonds is 8. The Balaban J connectivity index is 1.73. The van der Waals surface area contributed by atoms with Crippen molar-refractivity contribution in [1.82, 2.24) is 25.5 Å². The molecule has 0 bridgehead atoms. The number of benzene rings is 2. The summed E-state index contributed by atoms with van der Waals surface area (Å²) in [7, 11) is 1.48. The third-order valence-corrected chi connectivity index (χ3v) is 5.26. The van der Waals surface area contributed by atoms with Crippen molar-refractivity contribution >= 4 is 17.5 Å². The maximum absolute atomic E-state index is 13.8. The van der Waals surface area contributed by atoms with E-state index in [-0.39, 0.29) is 18.1 Å². The van der Waals surface area contributed by atoms with Crippen LogP contribution in [0.2, 0.25) is 0 Å². The Morgan fingerprint density at radius 1 is 1.11 bits per heavy atom. The van der Waals surface area contributed by atoms with E-state index in [4.69, 9.17) is 9.15 Å². The lowest BCUT2D eigenvalue weighted by Crippen LogP contribution is -2.50. The van der Waals surface area contributed by atoms with Crippen LogP contribution >= 0.6 is 0 Å². The Hall–Kier alpha value is -4.54. The summed E-state index contributed by atoms with van der Waals surface area (Å²) in [4.78, 5) is 29.8. The molecule has 1 N–H and O–H groups in total. The molecule has 2 heterocycles. The Labute approximate surface area is 213 Å². The monoisotopic (exact) mass is 506 g/mol. The van der Waals surface area contributed by atoms with Gasteiger partial charge in [0.05, 0.1) is 19.1 Å². The number of halogens is 1. The van der Waals surface area contributed by atoms with E-state index in [2.05, 4.69) is 20.7 Å². The number of tetrazole rings is 1. The van der Waals surface area contributed by atoms with Crippen LogP contribution in [-0.2, 0) is 16.1 Å². The maximum Gasteiger partial charge on any atom is 0.251 e. The number of nitrogens with zero attached hydrogens (tertiary/aromatic N) is 5. The summed E-state index contributed by atoms with van der Waals surface area (Å²) < 4.78 is 24.4. The molecule has 2 aromatic carbocycles. The Morgan fingerprint density at radius 3 is 2.49 bits per heavy atom. The minimum atomic E-state index is -1.15. The Kier molecular flexibility index (Phi) is 7.32. The van der Waals surface area contributed by atoms with E-state index in [1.807, 2.05) is 20.8 Å². The Morgan fingerprint density at radius 2 is 1.84 bits per heavy atom. The standard InChI is InChI=1S/C26H27FN6O4/c1-26(2,3)28-25(35)23(21-10-7-15-37-21)33(19-8-5-6-9-20(19)36-4)22(34)16-32-30-24(29-31-32)17-11-13-18(27)14-12-17/h5-15,23H,16H2,1-4H3,(H,28,35). The SMILES string of the molecule is COc1ccccc1N(C(=O)Cn1nnc(-c2ccc(F)cc2)n1)C(C(=O)NC(C)(C)C)c1ccco1. The van der Waals surface area contributed by atoms with Crippen molar-refractivity contribution in [3.63, 3.8) is 0 Å². The van der Waals surface area contributed by atoms with Gasteiger partial charge in [-0.2, -0.15) is 4.80 Å². The van der Waals surface area contributed by atoms with E-state index >= 15 is 0 Å². The van der Waals surface area contributed by atoms with E-state index in [1.54, 1.807) is 36.4 Å². The molecule has 2 aromatic heterocycles. The molecule has 1 unspecified atom stereocenters. The lowest BCUT2D eigenvalue weighted by molar-refractivity contribution is -0.128. The summed E-state index contributed by atoms with van der Waals surface area (Å²) in [5, 5.41) is 15.2. The normalized spacial score (nSPS) is 12.1. The molecule has 37 heavy (non-hydrogen) atoms. The van der Waals surface area contributed by atoms with Crippen LogP contribution in [0.1, 0.15) is 32.6 Å². The van der Waals surface area contributed by atoms with Gasteiger partial charge in [0.1, 0.15) is 23.9 Å². The number of para-hydroxylation sites is 2. The lowest BCUT2D eigenvalue weighted by atomic mass is 10.1. The summed E-state index contributed by atoms with van der Waals surface area (Å²) >= 11 is 0. The van der Waals surface area contributed by atoms with Crippen LogP contribution in [0.4, 0.5) is 10.1 Å². The predicted octanol–water partition coefficient (Wildman–Crippen LogP) is 3.77. The molecule has 0 saturated carbocycles. The van der Waals surface area contributed by atoms with E-state index in [9.17, 15) is 14.0 Å². The molecule has 0 fully saturated rings. The number of furan rings is 1. The number of aromatic nitrogens is 4. The minimum Gasteiger partial charge on any atom is -0.495 e. The molecule has 2 amide bonds. The molecule has 0 aliphatic carbocycles. The van der Waals surface area contributed by atoms with Gasteiger partial charge in [-0.3, -0.25) is 14.5 Å². The van der Waals surface area contributed by atoms with Gasteiger partial charge in [0.15, 0.2) is 6.04 Å². The highest BCUT2D eigenvalue weighted by atomic mass is 19.1. The van der Waals surface area contributed by atoms with Crippen LogP contribution in [0.25, 0.3) is 11.4 Å². The fourth-order valence-electron chi connectivity index (χ4n) is 3.73. The van der Waals surface area contributed by atoms with Crippen molar-refractivity contribution in [3.8, 4) is 17.1 Å². The summed E-state index contributed by atoms with van der Waals surface area (Å²) in [6.07, 6.45) is 1.44. The first-order valence-corrected chi connectivity index (χ1v) is 11.5. The summed E-state index contributed by atoms with van der Waals surface area (Å²) in [5.41, 5.74) is 0.327. The van der Waals surface area contributed by atoms with Crippen LogP contribution in [0.15, 0.2) is 71.3 Å². The number of amides is 2. The molecule has 4 aromatic rings. The van der Waals surface area contributed by atoms with Crippen molar-refractivity contribution in [1.29, 1.82) is 0 Å². The van der Waals surface area contributed by atoms with E-state index in [1.165, 1.54) is 42.5 Å². The van der Waals surface area contributed by atoms with Crippen LogP contribution in [0, 0.1) is 5.82 Å². The number of hydrogen-bond donors (Lipinski definition) is 1. The average Bonchev–Trinajstić information content (AvgIpc) is 3.54. The molecule has 1 atom stereocenters. The second-order valence-corrected chi connectivity index (χ2v) is 9.24. The fraction of sp³-hybridized carbons (Fsp3) is 0.269. The maximum atomic E-state index is 13.8. The van der Waals surface area contributed by atoms with Crippen molar-refractivity contribution in [2.24, 2.45) is 0 Å². The molecule has 4 rings (SSSR count). The van der Waals surface area contributed by atoms with Gasteiger partial charge < -0.3 is 14.5 Å². The molecule has 0 radical (unpaired) electrons. The number of hydrogen-bond acceptors (Lipinski definition) is 7. The molecular formula is C26H27FN6O4. The van der Waals surface area contributed by atoms with Crippen LogP contribution in [0.3, 0.4) is 0 Å². The van der Waals surface area contributed by atoms with E-state index in [0.29, 0.717) is 17.0 Å². The highest BCUT2D eigenvalue weighted by molar-refractivity contribution is 6.02. The van der Waals surface area contributed by atoms with Crippen molar-refractivity contribution in [3.05, 3.63) is 78.5 Å². The third-order valence-electron chi connectivity index (χ3n) is 5.26. The number of nitrogens with one attached hydrogen (secondary N) is 1. The van der Waals surface area contributed by atoms with Gasteiger partial charge in [0.25, 0.3) is 11.8 Å². The molecule has 0 aliphatic heterocycles. The van der Waals surface area contributed by atoms with Crippen molar-refractivity contribution in [2.75, 3.05) is 12.0 Å². The first kappa shape index (κ1) is 25.5. The summed E-state index contributed by atoms with van der Waals surface area (Å²) in [6.45, 7) is 5.19. The number of methoxy groups -OCH3 is 1. The van der Waals surface area contributed by atoms with Gasteiger partial charge in [0, 0.05) is 11.1 Å². The highest BCUT2D eigenvalue weighted by Crippen LogP contribution is 2.35. The molecule has 10 nitrogen and oxygen atoms in total. The van der Waals surface area contributed by atoms with Gasteiger partial charge >= 0.3 is 0 Å². The number of carbonyl (C=O) groups excluding carboxylic acids is 2. The largest absolute Gasteiger partial charge is 0.495 e. The number of carbonyl (C=O) groups is 2. The predicted molar refractivity (Wildman–Crippen MR) is 133 cm³/mol. The average molecular weight is 507 g/mol. The van der Waals surface area contributed by atoms with Gasteiger partial charge in [-0.05, 0) is 74.5 Å². The highest BCUT2D eigenvalue weighted by Gasteiger charge is 2.37. The molecule has 0 saturated heterocycles. The molecule has 11 heteroatoms. The van der Waals surface area contributed by atoms with Crippen LogP contribution in [-0.4, -0.2) is 44.7 Å². The first-order chi connectivity index (χ1) is 17.7. The quantitative estimate of drug-likeness (QED) is 0.387. The Bertz CT molecular complexity index is 1360. The van der Waals surface area contributed by atoms with E-state index < -0.39 is 29.2 Å². The zero-order chi connectivity index (χ0) is 26.6. The van der Waals surface area contributed by atoms with Crippen LogP contribution in [0.5, 0.6) is 5.75 Å². The van der Waals surface area contributed by atoms with Gasteiger partial charge in [0.2, 0.25) is 5.82 Å². The van der Waals surface area contributed by atoms with Crippen molar-refractivity contribution < 1.29 is 23.1 Å². The molecule has 0 spiro atoms. The van der Waals surface area contributed by atoms with Crippen molar-refractivity contribution in [2.45, 2.75) is 38.9 Å². The molecular weight excluding hydrogens is 479 g/mol. The number of anilines is 1. The van der Waals surface area contributed by atoms with Gasteiger partial charge in [-0.15, -0.1) is 10.2 Å². The smallest absolute Gasteiger partial charge is 0.251 e. The zero-order valence-electron chi connectivity index (χ0n) is 20.9. The summed E-state index contributed by atoms with van der Waals surface area (Å²) in [6, 6.07) is 14.6. The first-order valence-electron chi connectivity index (χ1n) is 11.5. The minimum absolute atomic E-state index is 0.227. The lowest BCUT2D eigenvalue weighted by Gasteiger charge is -2.32. The topological polar surface area (TPSA) is 115 Å². The zero-order valence-corrected chi connectivity index (χ0v) is 20.9. The third kappa shape index (κ3) is 6.00. The van der Waals surface area contributed by atoms with E-state index in [0.717, 1.165) is 4.80 Å². The van der Waals surface area contributed by atoms with Crippen LogP contribution < -0.4 is 15.0 Å². The summed E-state index contributed by atoms with van der Waals surface area (Å²) in [5.74, 6) is -0.478. The molecule has 192 valence electrons. The second kappa shape index (κ2) is 10.6. The molecule has 0 aliphatic rings. The number of ether oxygens (including phenoxy) is 1.